The summed E-state index contributed by atoms with van der Waals surface area (Å²) in [6, 6.07) is 0.787. The molecule has 0 unspecified atom stereocenters. The van der Waals surface area contributed by atoms with Crippen LogP contribution >= 0.6 is 11.6 Å². The average Bonchev–Trinajstić information content (AvgIpc) is 2.01. The van der Waals surface area contributed by atoms with E-state index in [1.165, 1.54) is 6.92 Å². The Balaban J connectivity index is 3.20. The van der Waals surface area contributed by atoms with Crippen LogP contribution in [0.15, 0.2) is 12.3 Å². The Bertz CT molecular complexity index is 375. The van der Waals surface area contributed by atoms with Crippen molar-refractivity contribution >= 4 is 16.8 Å². The molecule has 0 aliphatic carbocycles. The van der Waals surface area contributed by atoms with Crippen LogP contribution in [0.25, 0.3) is 0 Å². The molecule has 0 aromatic carbocycles. The minimum Gasteiger partial charge on any atom is -0.276 e. The topological polar surface area (TPSA) is 30.0 Å². The summed E-state index contributed by atoms with van der Waals surface area (Å²) < 4.78 is 36.4. The van der Waals surface area contributed by atoms with Crippen molar-refractivity contribution in [3.8, 4) is 0 Å². The van der Waals surface area contributed by atoms with Crippen LogP contribution in [-0.2, 0) is 6.18 Å². The summed E-state index contributed by atoms with van der Waals surface area (Å²) in [5.74, 6) is 0. The lowest BCUT2D eigenvalue weighted by Gasteiger charge is -2.07. The van der Waals surface area contributed by atoms with Gasteiger partial charge in [0.15, 0.2) is 0 Å². The predicted octanol–water partition coefficient (Wildman–Crippen LogP) is 2.79. The Morgan fingerprint density at radius 1 is 1.50 bits per heavy atom. The molecule has 1 heterocycles. The fourth-order valence-corrected chi connectivity index (χ4v) is 1.11. The quantitative estimate of drug-likeness (QED) is 0.686. The first-order valence-electron chi connectivity index (χ1n) is 3.56. The smallest absolute Gasteiger partial charge is 0.276 e. The van der Waals surface area contributed by atoms with Crippen LogP contribution in [-0.4, -0.2) is 10.2 Å². The number of hydrogen-bond acceptors (Lipinski definition) is 2. The zero-order valence-electron chi connectivity index (χ0n) is 7.02. The second-order valence-corrected chi connectivity index (χ2v) is 3.00. The molecule has 0 atom stereocenters. The molecule has 6 heteroatoms. The summed E-state index contributed by atoms with van der Waals surface area (Å²) in [4.78, 5) is 13.8. The fraction of sp³-hybridized carbons (Fsp3) is 0.250. The van der Waals surface area contributed by atoms with E-state index in [0.29, 0.717) is 0 Å². The van der Waals surface area contributed by atoms with Crippen molar-refractivity contribution < 1.29 is 18.0 Å². The van der Waals surface area contributed by atoms with Gasteiger partial charge in [0.25, 0.3) is 5.24 Å². The molecule has 0 amide bonds. The molecule has 0 spiro atoms. The molecular weight excluding hydrogens is 219 g/mol. The van der Waals surface area contributed by atoms with Gasteiger partial charge in [-0.2, -0.15) is 13.2 Å². The third-order valence-corrected chi connectivity index (χ3v) is 1.82. The zero-order valence-corrected chi connectivity index (χ0v) is 7.78. The summed E-state index contributed by atoms with van der Waals surface area (Å²) in [5, 5.41) is -0.816. The van der Waals surface area contributed by atoms with E-state index in [0.717, 1.165) is 12.3 Å². The SMILES string of the molecule is Cc1cc(C(F)(F)F)ncc1C(=O)Cl. The molecule has 1 aromatic heterocycles. The number of aromatic nitrogens is 1. The molecule has 76 valence electrons. The predicted molar refractivity (Wildman–Crippen MR) is 44.2 cm³/mol. The molecule has 0 fully saturated rings. The highest BCUT2D eigenvalue weighted by atomic mass is 35.5. The van der Waals surface area contributed by atoms with Gasteiger partial charge in [-0.3, -0.25) is 9.78 Å². The number of nitrogens with zero attached hydrogens (tertiary/aromatic N) is 1. The third kappa shape index (κ3) is 2.23. The Labute approximate surface area is 82.7 Å². The lowest BCUT2D eigenvalue weighted by atomic mass is 10.1. The van der Waals surface area contributed by atoms with Gasteiger partial charge >= 0.3 is 6.18 Å². The summed E-state index contributed by atoms with van der Waals surface area (Å²) in [6.45, 7) is 1.37. The maximum absolute atomic E-state index is 12.1. The molecule has 14 heavy (non-hydrogen) atoms. The Morgan fingerprint density at radius 3 is 2.43 bits per heavy atom. The van der Waals surface area contributed by atoms with Gasteiger partial charge in [0.2, 0.25) is 0 Å². The molecule has 0 aliphatic heterocycles. The first-order chi connectivity index (χ1) is 6.32. The molecule has 0 saturated carbocycles. The van der Waals surface area contributed by atoms with Crippen molar-refractivity contribution in [2.24, 2.45) is 0 Å². The van der Waals surface area contributed by atoms with E-state index in [1.54, 1.807) is 0 Å². The maximum atomic E-state index is 12.1. The summed E-state index contributed by atoms with van der Waals surface area (Å²) in [6.07, 6.45) is -3.67. The molecule has 1 aromatic rings. The lowest BCUT2D eigenvalue weighted by molar-refractivity contribution is -0.141. The van der Waals surface area contributed by atoms with E-state index in [2.05, 4.69) is 4.98 Å². The molecule has 0 radical (unpaired) electrons. The van der Waals surface area contributed by atoms with E-state index in [1.807, 2.05) is 0 Å². The average molecular weight is 224 g/mol. The van der Waals surface area contributed by atoms with E-state index >= 15 is 0 Å². The second-order valence-electron chi connectivity index (χ2n) is 2.66. The number of pyridine rings is 1. The van der Waals surface area contributed by atoms with Gasteiger partial charge in [0, 0.05) is 6.20 Å². The Morgan fingerprint density at radius 2 is 2.07 bits per heavy atom. The van der Waals surface area contributed by atoms with E-state index in [9.17, 15) is 18.0 Å². The first kappa shape index (κ1) is 11.0. The molecule has 0 aliphatic rings. The molecule has 0 N–H and O–H groups in total. The number of carbonyl (C=O) groups is 1. The van der Waals surface area contributed by atoms with Crippen molar-refractivity contribution in [3.63, 3.8) is 0 Å². The van der Waals surface area contributed by atoms with Gasteiger partial charge in [-0.15, -0.1) is 0 Å². The summed E-state index contributed by atoms with van der Waals surface area (Å²) in [7, 11) is 0. The number of carbonyl (C=O) groups excluding carboxylic acids is 1. The largest absolute Gasteiger partial charge is 0.433 e. The lowest BCUT2D eigenvalue weighted by Crippen LogP contribution is -2.09. The Hall–Kier alpha value is -1.10. The molecule has 2 nitrogen and oxygen atoms in total. The fourth-order valence-electron chi connectivity index (χ4n) is 0.917. The van der Waals surface area contributed by atoms with Crippen molar-refractivity contribution in [1.82, 2.24) is 4.98 Å². The van der Waals surface area contributed by atoms with Crippen LogP contribution in [0.1, 0.15) is 21.6 Å². The van der Waals surface area contributed by atoms with Crippen LogP contribution in [0.3, 0.4) is 0 Å². The van der Waals surface area contributed by atoms with E-state index in [4.69, 9.17) is 11.6 Å². The van der Waals surface area contributed by atoms with Gasteiger partial charge in [0.05, 0.1) is 5.56 Å². The third-order valence-electron chi connectivity index (χ3n) is 1.61. The van der Waals surface area contributed by atoms with Crippen molar-refractivity contribution in [3.05, 3.63) is 29.1 Å². The normalized spacial score (nSPS) is 11.5. The van der Waals surface area contributed by atoms with Crippen LogP contribution in [0.5, 0.6) is 0 Å². The van der Waals surface area contributed by atoms with Crippen molar-refractivity contribution in [2.45, 2.75) is 13.1 Å². The van der Waals surface area contributed by atoms with Crippen LogP contribution in [0.4, 0.5) is 13.2 Å². The minimum atomic E-state index is -4.50. The standard InChI is InChI=1S/C8H5ClF3NO/c1-4-2-6(8(10,11)12)13-3-5(4)7(9)14/h2-3H,1H3. The number of hydrogen-bond donors (Lipinski definition) is 0. The van der Waals surface area contributed by atoms with Crippen molar-refractivity contribution in [1.29, 1.82) is 0 Å². The summed E-state index contributed by atoms with van der Waals surface area (Å²) in [5.41, 5.74) is -0.886. The monoisotopic (exact) mass is 223 g/mol. The number of rotatable bonds is 1. The number of aryl methyl sites for hydroxylation is 1. The van der Waals surface area contributed by atoms with Crippen LogP contribution in [0.2, 0.25) is 0 Å². The van der Waals surface area contributed by atoms with E-state index < -0.39 is 17.1 Å². The molecule has 0 saturated heterocycles. The van der Waals surface area contributed by atoms with Crippen molar-refractivity contribution in [2.75, 3.05) is 0 Å². The summed E-state index contributed by atoms with van der Waals surface area (Å²) >= 11 is 5.11. The molecule has 0 bridgehead atoms. The highest BCUT2D eigenvalue weighted by molar-refractivity contribution is 6.67. The first-order valence-corrected chi connectivity index (χ1v) is 3.94. The number of alkyl halides is 3. The van der Waals surface area contributed by atoms with Gasteiger partial charge in [-0.1, -0.05) is 0 Å². The van der Waals surface area contributed by atoms with E-state index in [-0.39, 0.29) is 11.1 Å². The highest BCUT2D eigenvalue weighted by Gasteiger charge is 2.32. The zero-order chi connectivity index (χ0) is 10.9. The van der Waals surface area contributed by atoms with Gasteiger partial charge < -0.3 is 0 Å². The second kappa shape index (κ2) is 3.57. The molecular formula is C8H5ClF3NO. The van der Waals surface area contributed by atoms with Gasteiger partial charge in [-0.05, 0) is 30.2 Å². The van der Waals surface area contributed by atoms with Gasteiger partial charge in [-0.25, -0.2) is 0 Å². The molecule has 1 rings (SSSR count). The highest BCUT2D eigenvalue weighted by Crippen LogP contribution is 2.28. The minimum absolute atomic E-state index is 0.0142. The maximum Gasteiger partial charge on any atom is 0.433 e. The number of halogens is 4. The van der Waals surface area contributed by atoms with Gasteiger partial charge in [0.1, 0.15) is 5.69 Å². The van der Waals surface area contributed by atoms with Crippen LogP contribution < -0.4 is 0 Å². The van der Waals surface area contributed by atoms with Crippen LogP contribution in [0, 0.1) is 6.92 Å². The Kier molecular flexibility index (Phi) is 2.80.